The van der Waals surface area contributed by atoms with Crippen molar-refractivity contribution < 1.29 is 9.53 Å². The quantitative estimate of drug-likeness (QED) is 0.787. The number of esters is 1. The molecule has 1 fully saturated rings. The van der Waals surface area contributed by atoms with Gasteiger partial charge in [0.25, 0.3) is 0 Å². The molecular formula is C15H29NO2. The minimum atomic E-state index is -0.501. The van der Waals surface area contributed by atoms with Crippen molar-refractivity contribution in [3.05, 3.63) is 0 Å². The van der Waals surface area contributed by atoms with Crippen LogP contribution in [-0.4, -0.2) is 24.7 Å². The van der Waals surface area contributed by atoms with E-state index in [-0.39, 0.29) is 17.4 Å². The monoisotopic (exact) mass is 255 g/mol. The first-order chi connectivity index (χ1) is 8.24. The maximum atomic E-state index is 12.4. The van der Waals surface area contributed by atoms with E-state index in [0.29, 0.717) is 5.92 Å². The molecule has 0 bridgehead atoms. The van der Waals surface area contributed by atoms with Crippen LogP contribution in [0.4, 0.5) is 0 Å². The molecule has 0 heterocycles. The van der Waals surface area contributed by atoms with Crippen molar-refractivity contribution in [2.75, 3.05) is 7.11 Å². The average Bonchev–Trinajstić information content (AvgIpc) is 2.26. The molecule has 3 heteroatoms. The molecule has 0 radical (unpaired) electrons. The van der Waals surface area contributed by atoms with Crippen LogP contribution in [0, 0.1) is 11.3 Å². The molecule has 2 atom stereocenters. The number of hydrogen-bond acceptors (Lipinski definition) is 3. The summed E-state index contributed by atoms with van der Waals surface area (Å²) in [5.74, 6) is 0.240. The fourth-order valence-electron chi connectivity index (χ4n) is 3.52. The summed E-state index contributed by atoms with van der Waals surface area (Å²) in [5.41, 5.74) is -0.393. The van der Waals surface area contributed by atoms with Crippen LogP contribution < -0.4 is 5.32 Å². The highest BCUT2D eigenvalue weighted by atomic mass is 16.5. The fraction of sp³-hybridized carbons (Fsp3) is 0.933. The molecule has 0 amide bonds. The predicted octanol–water partition coefficient (Wildman–Crippen LogP) is 3.13. The van der Waals surface area contributed by atoms with Gasteiger partial charge in [0.1, 0.15) is 5.54 Å². The average molecular weight is 255 g/mol. The maximum absolute atomic E-state index is 12.4. The molecule has 1 rings (SSSR count). The van der Waals surface area contributed by atoms with Crippen LogP contribution in [0.15, 0.2) is 0 Å². The van der Waals surface area contributed by atoms with Gasteiger partial charge in [0.2, 0.25) is 0 Å². The molecule has 0 aliphatic heterocycles. The first kappa shape index (κ1) is 15.5. The standard InChI is InChI=1S/C15H29NO2/c1-11(2)16-15(13(17)18-6)10-8-7-9-12(15)14(3,4)5/h11-12,16H,7-10H2,1-6H3. The molecule has 1 N–H and O–H groups in total. The lowest BCUT2D eigenvalue weighted by Crippen LogP contribution is -2.63. The zero-order chi connectivity index (χ0) is 14.0. The Hall–Kier alpha value is -0.570. The van der Waals surface area contributed by atoms with Gasteiger partial charge in [-0.25, -0.2) is 0 Å². The molecular weight excluding hydrogens is 226 g/mol. The van der Waals surface area contributed by atoms with Crippen LogP contribution >= 0.6 is 0 Å². The van der Waals surface area contributed by atoms with E-state index < -0.39 is 5.54 Å². The normalized spacial score (nSPS) is 29.4. The topological polar surface area (TPSA) is 38.3 Å². The van der Waals surface area contributed by atoms with Crippen LogP contribution in [0.25, 0.3) is 0 Å². The molecule has 3 nitrogen and oxygen atoms in total. The van der Waals surface area contributed by atoms with E-state index in [1.807, 2.05) is 0 Å². The largest absolute Gasteiger partial charge is 0.468 e. The van der Waals surface area contributed by atoms with E-state index in [1.165, 1.54) is 13.5 Å². The molecule has 1 saturated carbocycles. The summed E-state index contributed by atoms with van der Waals surface area (Å²) in [6, 6.07) is 0.284. The number of hydrogen-bond donors (Lipinski definition) is 1. The first-order valence-corrected chi connectivity index (χ1v) is 7.10. The minimum Gasteiger partial charge on any atom is -0.468 e. The van der Waals surface area contributed by atoms with Crippen molar-refractivity contribution in [3.63, 3.8) is 0 Å². The van der Waals surface area contributed by atoms with Crippen LogP contribution in [0.3, 0.4) is 0 Å². The Morgan fingerprint density at radius 1 is 1.33 bits per heavy atom. The molecule has 0 spiro atoms. The fourth-order valence-corrected chi connectivity index (χ4v) is 3.52. The molecule has 0 aromatic heterocycles. The molecule has 1 aliphatic carbocycles. The Labute approximate surface area is 112 Å². The van der Waals surface area contributed by atoms with Gasteiger partial charge in [-0.1, -0.05) is 33.6 Å². The van der Waals surface area contributed by atoms with Crippen LogP contribution in [-0.2, 0) is 9.53 Å². The maximum Gasteiger partial charge on any atom is 0.326 e. The molecule has 0 aromatic carbocycles. The van der Waals surface area contributed by atoms with Gasteiger partial charge in [-0.3, -0.25) is 10.1 Å². The second-order valence-electron chi connectivity index (χ2n) is 6.93. The molecule has 0 aromatic rings. The number of rotatable bonds is 3. The number of carbonyl (C=O) groups excluding carboxylic acids is 1. The zero-order valence-corrected chi connectivity index (χ0v) is 12.8. The Kier molecular flexibility index (Phi) is 4.82. The summed E-state index contributed by atoms with van der Waals surface area (Å²) in [5, 5.41) is 3.53. The molecule has 1 aliphatic rings. The summed E-state index contributed by atoms with van der Waals surface area (Å²) in [4.78, 5) is 12.4. The van der Waals surface area contributed by atoms with Crippen molar-refractivity contribution >= 4 is 5.97 Å². The first-order valence-electron chi connectivity index (χ1n) is 7.10. The zero-order valence-electron chi connectivity index (χ0n) is 12.8. The van der Waals surface area contributed by atoms with Gasteiger partial charge in [-0.2, -0.15) is 0 Å². The highest BCUT2D eigenvalue weighted by Crippen LogP contribution is 2.45. The Morgan fingerprint density at radius 3 is 2.39 bits per heavy atom. The van der Waals surface area contributed by atoms with Gasteiger partial charge in [-0.05, 0) is 38.0 Å². The van der Waals surface area contributed by atoms with Gasteiger partial charge < -0.3 is 4.74 Å². The lowest BCUT2D eigenvalue weighted by Gasteiger charge is -2.49. The molecule has 2 unspecified atom stereocenters. The number of carbonyl (C=O) groups is 1. The van der Waals surface area contributed by atoms with E-state index in [4.69, 9.17) is 4.74 Å². The van der Waals surface area contributed by atoms with Gasteiger partial charge >= 0.3 is 5.97 Å². The summed E-state index contributed by atoms with van der Waals surface area (Å²) in [6.07, 6.45) is 4.29. The highest BCUT2D eigenvalue weighted by molar-refractivity contribution is 5.81. The van der Waals surface area contributed by atoms with E-state index in [0.717, 1.165) is 19.3 Å². The number of ether oxygens (including phenoxy) is 1. The summed E-state index contributed by atoms with van der Waals surface area (Å²) < 4.78 is 5.12. The van der Waals surface area contributed by atoms with E-state index in [2.05, 4.69) is 39.9 Å². The third-order valence-corrected chi connectivity index (χ3v) is 4.05. The van der Waals surface area contributed by atoms with Crippen molar-refractivity contribution in [3.8, 4) is 0 Å². The number of methoxy groups -OCH3 is 1. The third-order valence-electron chi connectivity index (χ3n) is 4.05. The van der Waals surface area contributed by atoms with E-state index >= 15 is 0 Å². The second kappa shape index (κ2) is 5.60. The number of nitrogens with one attached hydrogen (secondary N) is 1. The summed E-state index contributed by atoms with van der Waals surface area (Å²) >= 11 is 0. The van der Waals surface area contributed by atoms with Crippen LogP contribution in [0.5, 0.6) is 0 Å². The Balaban J connectivity index is 3.14. The van der Waals surface area contributed by atoms with Gasteiger partial charge in [-0.15, -0.1) is 0 Å². The highest BCUT2D eigenvalue weighted by Gasteiger charge is 2.52. The van der Waals surface area contributed by atoms with Gasteiger partial charge in [0.15, 0.2) is 0 Å². The SMILES string of the molecule is COC(=O)C1(NC(C)C)CCCCC1C(C)(C)C. The third kappa shape index (κ3) is 3.05. The van der Waals surface area contributed by atoms with Gasteiger partial charge in [0.05, 0.1) is 7.11 Å². The van der Waals surface area contributed by atoms with Crippen LogP contribution in [0.2, 0.25) is 0 Å². The minimum absolute atomic E-state index is 0.0872. The summed E-state index contributed by atoms with van der Waals surface area (Å²) in [7, 11) is 1.50. The van der Waals surface area contributed by atoms with Crippen molar-refractivity contribution in [2.45, 2.75) is 71.9 Å². The Morgan fingerprint density at radius 2 is 1.94 bits per heavy atom. The van der Waals surface area contributed by atoms with Crippen molar-refractivity contribution in [1.29, 1.82) is 0 Å². The molecule has 0 saturated heterocycles. The smallest absolute Gasteiger partial charge is 0.326 e. The molecule has 18 heavy (non-hydrogen) atoms. The lowest BCUT2D eigenvalue weighted by molar-refractivity contribution is -0.156. The Bertz CT molecular complexity index is 293. The van der Waals surface area contributed by atoms with Crippen molar-refractivity contribution in [1.82, 2.24) is 5.32 Å². The van der Waals surface area contributed by atoms with Crippen LogP contribution in [0.1, 0.15) is 60.3 Å². The molecule has 106 valence electrons. The van der Waals surface area contributed by atoms with E-state index in [9.17, 15) is 4.79 Å². The van der Waals surface area contributed by atoms with E-state index in [1.54, 1.807) is 0 Å². The second-order valence-corrected chi connectivity index (χ2v) is 6.93. The van der Waals surface area contributed by atoms with Gasteiger partial charge in [0, 0.05) is 6.04 Å². The summed E-state index contributed by atoms with van der Waals surface area (Å²) in [6.45, 7) is 10.9. The lowest BCUT2D eigenvalue weighted by atomic mass is 9.61. The van der Waals surface area contributed by atoms with Crippen molar-refractivity contribution in [2.24, 2.45) is 11.3 Å². The predicted molar refractivity (Wildman–Crippen MR) is 74.4 cm³/mol.